The van der Waals surface area contributed by atoms with E-state index in [0.29, 0.717) is 10.7 Å². The minimum absolute atomic E-state index is 0.254. The first-order valence-electron chi connectivity index (χ1n) is 4.36. The largest absolute Gasteiger partial charge is 0.353 e. The summed E-state index contributed by atoms with van der Waals surface area (Å²) in [4.78, 5) is 0. The lowest BCUT2D eigenvalue weighted by Gasteiger charge is -2.07. The molecule has 3 nitrogen and oxygen atoms in total. The third kappa shape index (κ3) is 2.76. The molecule has 0 amide bonds. The number of anilines is 2. The molecule has 0 aliphatic rings. The van der Waals surface area contributed by atoms with Crippen LogP contribution in [0.25, 0.3) is 0 Å². The Morgan fingerprint density at radius 1 is 1.00 bits per heavy atom. The summed E-state index contributed by atoms with van der Waals surface area (Å²) in [5.41, 5.74) is 1.39. The van der Waals surface area contributed by atoms with E-state index < -0.39 is 0 Å². The molecule has 2 rings (SSSR count). The normalized spacial score (nSPS) is 10.2. The highest BCUT2D eigenvalue weighted by atomic mass is 35.5. The van der Waals surface area contributed by atoms with Crippen LogP contribution in [0.5, 0.6) is 0 Å². The summed E-state index contributed by atoms with van der Waals surface area (Å²) in [6, 6.07) is 8.83. The fraction of sp³-hybridized carbons (Fsp3) is 0. The second kappa shape index (κ2) is 4.87. The summed E-state index contributed by atoms with van der Waals surface area (Å²) in [6.07, 6.45) is 0. The molecule has 0 aliphatic carbocycles. The fourth-order valence-corrected chi connectivity index (χ4v) is 1.64. The highest BCUT2D eigenvalue weighted by Crippen LogP contribution is 2.26. The molecule has 0 radical (unpaired) electrons. The maximum Gasteiger partial charge on any atom is 0.175 e. The van der Waals surface area contributed by atoms with Crippen molar-refractivity contribution in [3.63, 3.8) is 0 Å². The van der Waals surface area contributed by atoms with E-state index in [1.165, 1.54) is 0 Å². The molecule has 2 aromatic rings. The van der Waals surface area contributed by atoms with Crippen molar-refractivity contribution in [1.29, 1.82) is 0 Å². The number of benzene rings is 1. The minimum atomic E-state index is 0.254. The number of nitrogens with zero attached hydrogens (tertiary/aromatic N) is 2. The van der Waals surface area contributed by atoms with Gasteiger partial charge in [-0.1, -0.05) is 40.9 Å². The van der Waals surface area contributed by atoms with Gasteiger partial charge in [0.1, 0.15) is 0 Å². The topological polar surface area (TPSA) is 37.8 Å². The smallest absolute Gasteiger partial charge is 0.175 e. The number of hydrogen-bond donors (Lipinski definition) is 1. The Hall–Kier alpha value is -1.03. The molecule has 82 valence electrons. The lowest BCUT2D eigenvalue weighted by Crippen LogP contribution is -1.94. The summed E-state index contributed by atoms with van der Waals surface area (Å²) in [5.74, 6) is 0. The molecule has 0 unspecified atom stereocenters. The van der Waals surface area contributed by atoms with Gasteiger partial charge < -0.3 is 5.32 Å². The van der Waals surface area contributed by atoms with Gasteiger partial charge in [0.15, 0.2) is 10.3 Å². The van der Waals surface area contributed by atoms with Gasteiger partial charge in [-0.05, 0) is 18.2 Å². The van der Waals surface area contributed by atoms with E-state index in [1.54, 1.807) is 18.2 Å². The van der Waals surface area contributed by atoms with Crippen LogP contribution >= 0.6 is 34.8 Å². The molecule has 0 saturated heterocycles. The van der Waals surface area contributed by atoms with Gasteiger partial charge in [-0.15, -0.1) is 10.2 Å². The lowest BCUT2D eigenvalue weighted by atomic mass is 10.3. The van der Waals surface area contributed by atoms with E-state index in [1.807, 2.05) is 12.1 Å². The zero-order valence-electron chi connectivity index (χ0n) is 7.92. The molecule has 1 aromatic carbocycles. The van der Waals surface area contributed by atoms with Crippen LogP contribution < -0.4 is 5.32 Å². The zero-order chi connectivity index (χ0) is 11.5. The molecular formula is C10H6Cl3N3. The first-order chi connectivity index (χ1) is 7.65. The monoisotopic (exact) mass is 273 g/mol. The number of rotatable bonds is 2. The van der Waals surface area contributed by atoms with Gasteiger partial charge >= 0.3 is 0 Å². The van der Waals surface area contributed by atoms with Crippen molar-refractivity contribution in [2.45, 2.75) is 0 Å². The van der Waals surface area contributed by atoms with E-state index in [4.69, 9.17) is 34.8 Å². The minimum Gasteiger partial charge on any atom is -0.353 e. The zero-order valence-corrected chi connectivity index (χ0v) is 10.2. The van der Waals surface area contributed by atoms with Crippen LogP contribution in [-0.2, 0) is 0 Å². The Kier molecular flexibility index (Phi) is 3.49. The summed E-state index contributed by atoms with van der Waals surface area (Å²) in [5, 5.41) is 11.5. The Bertz CT molecular complexity index is 516. The molecule has 0 atom stereocenters. The molecular weight excluding hydrogens is 268 g/mol. The van der Waals surface area contributed by atoms with Gasteiger partial charge in [-0.2, -0.15) is 0 Å². The van der Waals surface area contributed by atoms with Gasteiger partial charge in [-0.25, -0.2) is 0 Å². The molecule has 1 N–H and O–H groups in total. The van der Waals surface area contributed by atoms with Crippen LogP contribution in [-0.4, -0.2) is 10.2 Å². The van der Waals surface area contributed by atoms with Crippen molar-refractivity contribution in [2.24, 2.45) is 0 Å². The van der Waals surface area contributed by atoms with Crippen LogP contribution in [0.3, 0.4) is 0 Å². The second-order valence-corrected chi connectivity index (χ2v) is 4.19. The van der Waals surface area contributed by atoms with Crippen molar-refractivity contribution in [2.75, 3.05) is 5.32 Å². The van der Waals surface area contributed by atoms with Crippen LogP contribution in [0.15, 0.2) is 30.3 Å². The molecule has 6 heteroatoms. The Balaban J connectivity index is 2.30. The Morgan fingerprint density at radius 3 is 2.56 bits per heavy atom. The van der Waals surface area contributed by atoms with E-state index in [-0.39, 0.29) is 10.3 Å². The van der Waals surface area contributed by atoms with Gasteiger partial charge in [0.05, 0.1) is 5.69 Å². The quantitative estimate of drug-likeness (QED) is 0.892. The molecule has 0 aliphatic heterocycles. The van der Waals surface area contributed by atoms with Gasteiger partial charge in [0, 0.05) is 16.8 Å². The summed E-state index contributed by atoms with van der Waals surface area (Å²) in [6.45, 7) is 0. The standard InChI is InChI=1S/C10H6Cl3N3/c11-6-2-1-3-7(4-6)14-8-5-9(12)15-16-10(8)13/h1-5H,(H,14,15). The highest BCUT2D eigenvalue weighted by molar-refractivity contribution is 6.33. The van der Waals surface area contributed by atoms with Crippen LogP contribution in [0.2, 0.25) is 15.3 Å². The highest BCUT2D eigenvalue weighted by Gasteiger charge is 2.04. The molecule has 1 heterocycles. The first-order valence-corrected chi connectivity index (χ1v) is 5.50. The van der Waals surface area contributed by atoms with E-state index in [0.717, 1.165) is 5.69 Å². The van der Waals surface area contributed by atoms with Crippen molar-refractivity contribution in [3.05, 3.63) is 45.7 Å². The molecule has 0 spiro atoms. The Morgan fingerprint density at radius 2 is 1.81 bits per heavy atom. The van der Waals surface area contributed by atoms with Crippen molar-refractivity contribution in [3.8, 4) is 0 Å². The van der Waals surface area contributed by atoms with Crippen LogP contribution in [0.1, 0.15) is 0 Å². The van der Waals surface area contributed by atoms with Gasteiger partial charge in [0.25, 0.3) is 0 Å². The summed E-state index contributed by atoms with van der Waals surface area (Å²) in [7, 11) is 0. The average Bonchev–Trinajstić information content (AvgIpc) is 2.24. The van der Waals surface area contributed by atoms with Gasteiger partial charge in [0.2, 0.25) is 0 Å². The third-order valence-electron chi connectivity index (χ3n) is 1.82. The SMILES string of the molecule is Clc1cccc(Nc2cc(Cl)nnc2Cl)c1. The van der Waals surface area contributed by atoms with Crippen molar-refractivity contribution < 1.29 is 0 Å². The summed E-state index contributed by atoms with van der Waals surface area (Å²) < 4.78 is 0. The maximum absolute atomic E-state index is 5.86. The Labute approximate surface area is 107 Å². The number of hydrogen-bond acceptors (Lipinski definition) is 3. The van der Waals surface area contributed by atoms with Crippen LogP contribution in [0.4, 0.5) is 11.4 Å². The molecule has 1 aromatic heterocycles. The third-order valence-corrected chi connectivity index (χ3v) is 2.52. The molecule has 0 bridgehead atoms. The van der Waals surface area contributed by atoms with Crippen molar-refractivity contribution in [1.82, 2.24) is 10.2 Å². The predicted octanol–water partition coefficient (Wildman–Crippen LogP) is 4.18. The van der Waals surface area contributed by atoms with Gasteiger partial charge in [-0.3, -0.25) is 0 Å². The van der Waals surface area contributed by atoms with E-state index >= 15 is 0 Å². The number of nitrogens with one attached hydrogen (secondary N) is 1. The number of aromatic nitrogens is 2. The maximum atomic E-state index is 5.86. The van der Waals surface area contributed by atoms with E-state index in [9.17, 15) is 0 Å². The fourth-order valence-electron chi connectivity index (χ4n) is 1.16. The molecule has 16 heavy (non-hydrogen) atoms. The van der Waals surface area contributed by atoms with Crippen molar-refractivity contribution >= 4 is 46.2 Å². The second-order valence-electron chi connectivity index (χ2n) is 3.01. The van der Waals surface area contributed by atoms with E-state index in [2.05, 4.69) is 15.5 Å². The molecule has 0 fully saturated rings. The molecule has 0 saturated carbocycles. The summed E-state index contributed by atoms with van der Waals surface area (Å²) >= 11 is 17.4. The number of halogens is 3. The van der Waals surface area contributed by atoms with Crippen LogP contribution in [0, 0.1) is 0 Å². The average molecular weight is 275 g/mol. The predicted molar refractivity (Wildman–Crippen MR) is 66.8 cm³/mol. The lowest BCUT2D eigenvalue weighted by molar-refractivity contribution is 1.03. The first kappa shape index (κ1) is 11.5.